The molecule has 0 radical (unpaired) electrons. The number of rotatable bonds is 5. The molecule has 0 aromatic heterocycles. The van der Waals surface area contributed by atoms with E-state index in [1.807, 2.05) is 0 Å². The van der Waals surface area contributed by atoms with Crippen LogP contribution in [0.25, 0.3) is 0 Å². The van der Waals surface area contributed by atoms with E-state index in [-0.39, 0.29) is 29.3 Å². The lowest BCUT2D eigenvalue weighted by Gasteiger charge is -2.47. The van der Waals surface area contributed by atoms with Crippen LogP contribution in [0.15, 0.2) is 12.2 Å². The maximum Gasteiger partial charge on any atom is 0.169 e. The maximum absolute atomic E-state index is 12.7. The molecule has 0 aliphatic heterocycles. The molecule has 3 heteroatoms. The van der Waals surface area contributed by atoms with Crippen molar-refractivity contribution >= 4 is 11.6 Å². The Morgan fingerprint density at radius 3 is 2.33 bits per heavy atom. The maximum atomic E-state index is 12.7. The Balaban J connectivity index is 0.00000139. The Bertz CT molecular complexity index is 452. The van der Waals surface area contributed by atoms with Gasteiger partial charge < -0.3 is 5.11 Å². The van der Waals surface area contributed by atoms with Crippen LogP contribution in [0.2, 0.25) is 0 Å². The van der Waals surface area contributed by atoms with Crippen LogP contribution in [-0.4, -0.2) is 23.8 Å². The minimum atomic E-state index is -0.368. The second-order valence-corrected chi connectivity index (χ2v) is 7.76. The minimum absolute atomic E-state index is 0.0665. The summed E-state index contributed by atoms with van der Waals surface area (Å²) in [5, 5.41) is 7.00. The third kappa shape index (κ3) is 4.17. The van der Waals surface area contributed by atoms with E-state index in [0.717, 1.165) is 20.0 Å². The van der Waals surface area contributed by atoms with Crippen LogP contribution in [0, 0.1) is 35.5 Å². The van der Waals surface area contributed by atoms with Crippen molar-refractivity contribution in [2.24, 2.45) is 35.5 Å². The predicted molar refractivity (Wildman–Crippen MR) is 98.6 cm³/mol. The van der Waals surface area contributed by atoms with Gasteiger partial charge in [-0.3, -0.25) is 9.59 Å². The Hall–Kier alpha value is -0.960. The smallest absolute Gasteiger partial charge is 0.169 e. The second kappa shape index (κ2) is 9.50. The predicted octanol–water partition coefficient (Wildman–Crippen LogP) is 4.43. The van der Waals surface area contributed by atoms with Crippen molar-refractivity contribution < 1.29 is 14.7 Å². The van der Waals surface area contributed by atoms with Crippen molar-refractivity contribution in [3.05, 3.63) is 12.2 Å². The summed E-state index contributed by atoms with van der Waals surface area (Å²) in [4.78, 5) is 25.4. The average molecular weight is 337 g/mol. The van der Waals surface area contributed by atoms with Crippen LogP contribution < -0.4 is 0 Å². The number of Topliss-reactive ketones (excluding diaryl/α,β-unsaturated/α-hetero) is 2. The van der Waals surface area contributed by atoms with Gasteiger partial charge in [0.05, 0.1) is 5.92 Å². The highest BCUT2D eigenvalue weighted by Crippen LogP contribution is 2.50. The zero-order valence-corrected chi connectivity index (χ0v) is 16.2. The molecule has 2 saturated carbocycles. The fourth-order valence-electron chi connectivity index (χ4n) is 4.85. The summed E-state index contributed by atoms with van der Waals surface area (Å²) in [6, 6.07) is 0. The van der Waals surface area contributed by atoms with Crippen LogP contribution in [0.1, 0.15) is 66.2 Å². The molecular formula is C21H36O3. The molecule has 0 aromatic carbocycles. The first-order valence-electron chi connectivity index (χ1n) is 9.62. The number of fused-ring (bicyclic) bond motifs is 1. The Labute approximate surface area is 147 Å². The van der Waals surface area contributed by atoms with E-state index in [0.29, 0.717) is 29.7 Å². The molecule has 2 fully saturated rings. The number of carbonyl (C=O) groups is 2. The van der Waals surface area contributed by atoms with Gasteiger partial charge in [-0.15, -0.1) is 0 Å². The molecule has 24 heavy (non-hydrogen) atoms. The lowest BCUT2D eigenvalue weighted by atomic mass is 9.55. The number of allylic oxidation sites excluding steroid dienone is 1. The van der Waals surface area contributed by atoms with Gasteiger partial charge in [-0.05, 0) is 54.4 Å². The third-order valence-electron chi connectivity index (χ3n) is 6.20. The SMILES string of the molecule is C=C1C(=O)C2C(=O)CC(C(C)C)C(CCCC)C2CC1CC.CO. The molecule has 2 aliphatic carbocycles. The molecule has 0 spiro atoms. The van der Waals surface area contributed by atoms with Gasteiger partial charge in [0.15, 0.2) is 5.78 Å². The topological polar surface area (TPSA) is 54.4 Å². The average Bonchev–Trinajstić information content (AvgIpc) is 2.58. The molecule has 5 atom stereocenters. The highest BCUT2D eigenvalue weighted by molar-refractivity contribution is 6.11. The molecule has 3 nitrogen and oxygen atoms in total. The first-order valence-corrected chi connectivity index (χ1v) is 9.62. The highest BCUT2D eigenvalue weighted by Gasteiger charge is 2.51. The molecule has 0 heterocycles. The van der Waals surface area contributed by atoms with Crippen LogP contribution in [0.5, 0.6) is 0 Å². The minimum Gasteiger partial charge on any atom is -0.400 e. The van der Waals surface area contributed by atoms with E-state index in [4.69, 9.17) is 5.11 Å². The lowest BCUT2D eigenvalue weighted by molar-refractivity contribution is -0.143. The van der Waals surface area contributed by atoms with Crippen LogP contribution in [0.4, 0.5) is 0 Å². The fraction of sp³-hybridized carbons (Fsp3) is 0.810. The van der Waals surface area contributed by atoms with Crippen molar-refractivity contribution in [1.82, 2.24) is 0 Å². The normalized spacial score (nSPS) is 33.1. The zero-order chi connectivity index (χ0) is 18.4. The highest BCUT2D eigenvalue weighted by atomic mass is 16.2. The van der Waals surface area contributed by atoms with Gasteiger partial charge in [-0.1, -0.05) is 47.1 Å². The number of hydrogen-bond acceptors (Lipinski definition) is 3. The molecule has 1 N–H and O–H groups in total. The van der Waals surface area contributed by atoms with Gasteiger partial charge in [-0.2, -0.15) is 0 Å². The van der Waals surface area contributed by atoms with Gasteiger partial charge >= 0.3 is 0 Å². The zero-order valence-electron chi connectivity index (χ0n) is 16.2. The quantitative estimate of drug-likeness (QED) is 0.597. The second-order valence-electron chi connectivity index (χ2n) is 7.76. The molecule has 2 rings (SSSR count). The number of aliphatic hydroxyl groups is 1. The van der Waals surface area contributed by atoms with Gasteiger partial charge in [0, 0.05) is 13.5 Å². The molecular weight excluding hydrogens is 300 g/mol. The third-order valence-corrected chi connectivity index (χ3v) is 6.20. The number of unbranched alkanes of at least 4 members (excludes halogenated alkanes) is 1. The Morgan fingerprint density at radius 1 is 1.21 bits per heavy atom. The largest absolute Gasteiger partial charge is 0.400 e. The number of aliphatic hydroxyl groups excluding tert-OH is 1. The molecule has 2 aliphatic rings. The van der Waals surface area contributed by atoms with E-state index in [2.05, 4.69) is 34.3 Å². The summed E-state index contributed by atoms with van der Waals surface area (Å²) < 4.78 is 0. The van der Waals surface area contributed by atoms with Gasteiger partial charge in [0.1, 0.15) is 5.78 Å². The van der Waals surface area contributed by atoms with Gasteiger partial charge in [-0.25, -0.2) is 0 Å². The van der Waals surface area contributed by atoms with Crippen LogP contribution >= 0.6 is 0 Å². The van der Waals surface area contributed by atoms with E-state index >= 15 is 0 Å². The summed E-state index contributed by atoms with van der Waals surface area (Å²) in [6.45, 7) is 12.8. The summed E-state index contributed by atoms with van der Waals surface area (Å²) in [5.74, 6) is 1.96. The summed E-state index contributed by atoms with van der Waals surface area (Å²) in [7, 11) is 1.00. The molecule has 5 unspecified atom stereocenters. The Kier molecular flexibility index (Phi) is 8.35. The van der Waals surface area contributed by atoms with Crippen LogP contribution in [-0.2, 0) is 9.59 Å². The number of ketones is 2. The summed E-state index contributed by atoms with van der Waals surface area (Å²) in [5.41, 5.74) is 0.717. The lowest BCUT2D eigenvalue weighted by Crippen LogP contribution is -2.50. The standard InChI is InChI=1S/C20H32O2.CH4O/c1-6-8-9-15-16(12(3)4)11-18(21)19-17(15)10-14(7-2)13(5)20(19)22;1-2/h12,14-17,19H,5-11H2,1-4H3;2H,1H3. The Morgan fingerprint density at radius 2 is 1.83 bits per heavy atom. The monoisotopic (exact) mass is 336 g/mol. The summed E-state index contributed by atoms with van der Waals surface area (Å²) in [6.07, 6.45) is 6.12. The first kappa shape index (κ1) is 21.1. The fourth-order valence-corrected chi connectivity index (χ4v) is 4.85. The van der Waals surface area contributed by atoms with Crippen LogP contribution in [0.3, 0.4) is 0 Å². The number of hydrogen-bond donors (Lipinski definition) is 1. The summed E-state index contributed by atoms with van der Waals surface area (Å²) >= 11 is 0. The molecule has 138 valence electrons. The number of carbonyl (C=O) groups excluding carboxylic acids is 2. The van der Waals surface area contributed by atoms with Gasteiger partial charge in [0.25, 0.3) is 0 Å². The van der Waals surface area contributed by atoms with Gasteiger partial charge in [0.2, 0.25) is 0 Å². The van der Waals surface area contributed by atoms with Crippen molar-refractivity contribution in [2.45, 2.75) is 66.2 Å². The van der Waals surface area contributed by atoms with E-state index in [9.17, 15) is 9.59 Å². The molecule has 0 aromatic rings. The molecule has 0 bridgehead atoms. The molecule has 0 amide bonds. The van der Waals surface area contributed by atoms with Crippen molar-refractivity contribution in [3.8, 4) is 0 Å². The van der Waals surface area contributed by atoms with E-state index in [1.165, 1.54) is 19.3 Å². The van der Waals surface area contributed by atoms with E-state index < -0.39 is 0 Å². The van der Waals surface area contributed by atoms with Crippen molar-refractivity contribution in [1.29, 1.82) is 0 Å². The van der Waals surface area contributed by atoms with E-state index in [1.54, 1.807) is 0 Å². The molecule has 0 saturated heterocycles. The van der Waals surface area contributed by atoms with Crippen molar-refractivity contribution in [2.75, 3.05) is 7.11 Å². The first-order chi connectivity index (χ1) is 11.4. The van der Waals surface area contributed by atoms with Crippen molar-refractivity contribution in [3.63, 3.8) is 0 Å².